The maximum absolute atomic E-state index is 13.5. The minimum atomic E-state index is -0.581. The highest BCUT2D eigenvalue weighted by molar-refractivity contribution is 7.07. The van der Waals surface area contributed by atoms with Crippen LogP contribution in [0.25, 0.3) is 6.08 Å². The van der Waals surface area contributed by atoms with Crippen molar-refractivity contribution in [2.75, 3.05) is 5.32 Å². The van der Waals surface area contributed by atoms with Crippen molar-refractivity contribution in [1.82, 2.24) is 14.3 Å². The Bertz CT molecular complexity index is 1550. The van der Waals surface area contributed by atoms with E-state index in [9.17, 15) is 9.59 Å². The number of carbonyl (C=O) groups excluding carboxylic acids is 1. The van der Waals surface area contributed by atoms with Gasteiger partial charge in [0.15, 0.2) is 4.80 Å². The summed E-state index contributed by atoms with van der Waals surface area (Å²) in [4.78, 5) is 32.2. The van der Waals surface area contributed by atoms with Crippen molar-refractivity contribution in [3.8, 4) is 0 Å². The molecule has 1 aliphatic rings. The van der Waals surface area contributed by atoms with Gasteiger partial charge in [0.05, 0.1) is 28.0 Å². The van der Waals surface area contributed by atoms with Crippen LogP contribution in [0.5, 0.6) is 0 Å². The molecule has 1 unspecified atom stereocenters. The molecule has 164 valence electrons. The maximum atomic E-state index is 13.5. The van der Waals surface area contributed by atoms with Gasteiger partial charge in [0.2, 0.25) is 0 Å². The summed E-state index contributed by atoms with van der Waals surface area (Å²) in [6, 6.07) is 18.3. The summed E-state index contributed by atoms with van der Waals surface area (Å²) in [6.07, 6.45) is 5.36. The van der Waals surface area contributed by atoms with Crippen LogP contribution in [0.2, 0.25) is 0 Å². The largest absolute Gasteiger partial charge is 0.322 e. The van der Waals surface area contributed by atoms with Gasteiger partial charge in [-0.1, -0.05) is 59.9 Å². The quantitative estimate of drug-likeness (QED) is 0.514. The topological polar surface area (TPSA) is 81.3 Å². The standard InChI is InChI=1S/C25H21N5O2S/c1-16-21(23(31)28-19-11-7-4-8-12-19)22(18-9-5-3-6-10-18)30-24(32)20(33-25(30)27-16)13-17-14-26-29(2)15-17/h3-15,22H,1-2H3,(H,28,31)/b20-13-. The predicted octanol–water partition coefficient (Wildman–Crippen LogP) is 2.61. The Labute approximate surface area is 193 Å². The monoisotopic (exact) mass is 455 g/mol. The minimum absolute atomic E-state index is 0.186. The van der Waals surface area contributed by atoms with Crippen LogP contribution in [0.1, 0.15) is 24.1 Å². The SMILES string of the molecule is CC1=C(C(=O)Nc2ccccc2)C(c2ccccc2)n2c(s/c(=C\c3cnn(C)c3)c2=O)=N1. The van der Waals surface area contributed by atoms with Gasteiger partial charge in [-0.05, 0) is 30.7 Å². The van der Waals surface area contributed by atoms with Gasteiger partial charge in [-0.3, -0.25) is 18.8 Å². The average molecular weight is 456 g/mol. The van der Waals surface area contributed by atoms with Gasteiger partial charge in [0.1, 0.15) is 0 Å². The van der Waals surface area contributed by atoms with E-state index in [1.165, 1.54) is 11.3 Å². The number of aromatic nitrogens is 3. The lowest BCUT2D eigenvalue weighted by atomic mass is 9.95. The molecule has 4 aromatic rings. The fourth-order valence-electron chi connectivity index (χ4n) is 3.95. The van der Waals surface area contributed by atoms with Gasteiger partial charge >= 0.3 is 0 Å². The van der Waals surface area contributed by atoms with Crippen LogP contribution in [0, 0.1) is 0 Å². The smallest absolute Gasteiger partial charge is 0.271 e. The second kappa shape index (κ2) is 8.48. The van der Waals surface area contributed by atoms with Crippen molar-refractivity contribution >= 4 is 29.0 Å². The highest BCUT2D eigenvalue weighted by Crippen LogP contribution is 2.30. The summed E-state index contributed by atoms with van der Waals surface area (Å²) in [5.41, 5.74) is 3.21. The normalized spacial score (nSPS) is 15.8. The summed E-state index contributed by atoms with van der Waals surface area (Å²) in [5.74, 6) is -0.280. The molecule has 8 heteroatoms. The van der Waals surface area contributed by atoms with E-state index in [2.05, 4.69) is 15.4 Å². The van der Waals surface area contributed by atoms with E-state index in [4.69, 9.17) is 0 Å². The molecule has 5 rings (SSSR count). The third-order valence-corrected chi connectivity index (χ3v) is 6.42. The van der Waals surface area contributed by atoms with Gasteiger partial charge in [-0.2, -0.15) is 5.10 Å². The lowest BCUT2D eigenvalue weighted by Gasteiger charge is -2.25. The Morgan fingerprint density at radius 3 is 2.45 bits per heavy atom. The van der Waals surface area contributed by atoms with Crippen LogP contribution >= 0.6 is 11.3 Å². The van der Waals surface area contributed by atoms with Crippen molar-refractivity contribution in [2.24, 2.45) is 12.0 Å². The van der Waals surface area contributed by atoms with Crippen LogP contribution in [0.15, 0.2) is 94.1 Å². The van der Waals surface area contributed by atoms with E-state index < -0.39 is 6.04 Å². The number of hydrogen-bond acceptors (Lipinski definition) is 5. The average Bonchev–Trinajstić information content (AvgIpc) is 3.36. The highest BCUT2D eigenvalue weighted by atomic mass is 32.1. The summed E-state index contributed by atoms with van der Waals surface area (Å²) in [6.45, 7) is 1.81. The number of rotatable bonds is 4. The van der Waals surface area contributed by atoms with Gasteiger partial charge in [0, 0.05) is 24.5 Å². The summed E-state index contributed by atoms with van der Waals surface area (Å²) in [5, 5.41) is 7.12. The number of hydrogen-bond donors (Lipinski definition) is 1. The number of aryl methyl sites for hydroxylation is 1. The predicted molar refractivity (Wildman–Crippen MR) is 128 cm³/mol. The number of thiazole rings is 1. The molecule has 33 heavy (non-hydrogen) atoms. The Hall–Kier alpha value is -4.04. The molecular weight excluding hydrogens is 434 g/mol. The molecule has 0 saturated heterocycles. The number of benzene rings is 2. The summed E-state index contributed by atoms with van der Waals surface area (Å²) < 4.78 is 3.85. The zero-order valence-electron chi connectivity index (χ0n) is 18.1. The summed E-state index contributed by atoms with van der Waals surface area (Å²) in [7, 11) is 1.83. The Morgan fingerprint density at radius 1 is 1.09 bits per heavy atom. The zero-order valence-corrected chi connectivity index (χ0v) is 18.9. The van der Waals surface area contributed by atoms with Crippen molar-refractivity contribution < 1.29 is 4.79 Å². The minimum Gasteiger partial charge on any atom is -0.322 e. The Morgan fingerprint density at radius 2 is 1.79 bits per heavy atom. The molecule has 3 heterocycles. The molecule has 1 atom stereocenters. The number of nitrogens with one attached hydrogen (secondary N) is 1. The molecular formula is C25H21N5O2S. The van der Waals surface area contributed by atoms with Gasteiger partial charge in [-0.25, -0.2) is 4.99 Å². The zero-order chi connectivity index (χ0) is 22.9. The van der Waals surface area contributed by atoms with Gasteiger partial charge in [-0.15, -0.1) is 0 Å². The van der Waals surface area contributed by atoms with Gasteiger partial charge in [0.25, 0.3) is 11.5 Å². The van der Waals surface area contributed by atoms with E-state index in [1.54, 1.807) is 15.4 Å². The molecule has 7 nitrogen and oxygen atoms in total. The van der Waals surface area contributed by atoms with Crippen molar-refractivity contribution in [2.45, 2.75) is 13.0 Å². The molecule has 0 aliphatic carbocycles. The molecule has 2 aromatic heterocycles. The molecule has 2 aromatic carbocycles. The van der Waals surface area contributed by atoms with E-state index in [0.717, 1.165) is 11.1 Å². The fourth-order valence-corrected chi connectivity index (χ4v) is 5.00. The molecule has 0 spiro atoms. The van der Waals surface area contributed by atoms with Crippen LogP contribution in [0.4, 0.5) is 5.69 Å². The maximum Gasteiger partial charge on any atom is 0.271 e. The van der Waals surface area contributed by atoms with Crippen LogP contribution in [0.3, 0.4) is 0 Å². The first-order chi connectivity index (χ1) is 16.0. The molecule has 1 amide bonds. The molecule has 1 aliphatic heterocycles. The number of para-hydroxylation sites is 1. The fraction of sp³-hybridized carbons (Fsp3) is 0.120. The lowest BCUT2D eigenvalue weighted by molar-refractivity contribution is -0.113. The van der Waals surface area contributed by atoms with Crippen LogP contribution < -0.4 is 20.2 Å². The number of anilines is 1. The van der Waals surface area contributed by atoms with Crippen LogP contribution in [-0.4, -0.2) is 20.3 Å². The summed E-state index contributed by atoms with van der Waals surface area (Å²) >= 11 is 1.31. The number of allylic oxidation sites excluding steroid dienone is 1. The first-order valence-corrected chi connectivity index (χ1v) is 11.3. The van der Waals surface area contributed by atoms with E-state index in [0.29, 0.717) is 26.3 Å². The van der Waals surface area contributed by atoms with E-state index >= 15 is 0 Å². The highest BCUT2D eigenvalue weighted by Gasteiger charge is 2.32. The Balaban J connectivity index is 1.67. The van der Waals surface area contributed by atoms with Crippen molar-refractivity contribution in [1.29, 1.82) is 0 Å². The van der Waals surface area contributed by atoms with E-state index in [1.807, 2.05) is 86.9 Å². The molecule has 0 bridgehead atoms. The lowest BCUT2D eigenvalue weighted by Crippen LogP contribution is -2.40. The third-order valence-electron chi connectivity index (χ3n) is 5.44. The first-order valence-electron chi connectivity index (χ1n) is 10.4. The van der Waals surface area contributed by atoms with Crippen molar-refractivity contribution in [3.63, 3.8) is 0 Å². The number of carbonyl (C=O) groups is 1. The molecule has 0 radical (unpaired) electrons. The molecule has 1 N–H and O–H groups in total. The second-order valence-electron chi connectivity index (χ2n) is 7.76. The van der Waals surface area contributed by atoms with Gasteiger partial charge < -0.3 is 5.32 Å². The second-order valence-corrected chi connectivity index (χ2v) is 8.77. The molecule has 0 saturated carbocycles. The van der Waals surface area contributed by atoms with E-state index in [-0.39, 0.29) is 11.5 Å². The third kappa shape index (κ3) is 3.96. The number of nitrogens with zero attached hydrogens (tertiary/aromatic N) is 4. The molecule has 0 fully saturated rings. The first kappa shape index (κ1) is 20.8. The van der Waals surface area contributed by atoms with Crippen LogP contribution in [-0.2, 0) is 11.8 Å². The number of amides is 1. The Kier molecular flexibility index (Phi) is 5.35. The van der Waals surface area contributed by atoms with Crippen molar-refractivity contribution in [3.05, 3.63) is 115 Å². The number of fused-ring (bicyclic) bond motifs is 1.